The van der Waals surface area contributed by atoms with Crippen LogP contribution in [-0.2, 0) is 14.3 Å². The molecule has 0 aliphatic heterocycles. The quantitative estimate of drug-likeness (QED) is 0.344. The molecule has 7 nitrogen and oxygen atoms in total. The third-order valence-electron chi connectivity index (χ3n) is 2.52. The van der Waals surface area contributed by atoms with Gasteiger partial charge in [-0.25, -0.2) is 0 Å². The number of amides is 1. The molecule has 1 N–H and O–H groups in total. The van der Waals surface area contributed by atoms with Gasteiger partial charge >= 0.3 is 12.1 Å². The van der Waals surface area contributed by atoms with E-state index in [1.54, 1.807) is 5.32 Å². The van der Waals surface area contributed by atoms with Crippen LogP contribution in [0, 0.1) is 10.1 Å². The van der Waals surface area contributed by atoms with Gasteiger partial charge in [0, 0.05) is 17.0 Å². The van der Waals surface area contributed by atoms with Crippen molar-refractivity contribution in [3.05, 3.63) is 34.4 Å². The Morgan fingerprint density at radius 1 is 1.33 bits per heavy atom. The molecule has 0 spiro atoms. The summed E-state index contributed by atoms with van der Waals surface area (Å²) in [6.07, 6.45) is -4.54. The number of nitrogens with one attached hydrogen (secondary N) is 1. The van der Waals surface area contributed by atoms with Gasteiger partial charge in [-0.2, -0.15) is 13.2 Å². The van der Waals surface area contributed by atoms with Crippen molar-refractivity contribution < 1.29 is 32.4 Å². The summed E-state index contributed by atoms with van der Waals surface area (Å²) in [5.74, 6) is -1.85. The highest BCUT2D eigenvalue weighted by atomic mass is 32.2. The SMILES string of the molecule is C[C@@H](Sc1ccc([N+](=O)[O-])cc1)C(=O)OCC(=O)NCC(F)(F)F. The molecule has 0 saturated carbocycles. The van der Waals surface area contributed by atoms with Crippen molar-refractivity contribution in [1.82, 2.24) is 5.32 Å². The van der Waals surface area contributed by atoms with E-state index >= 15 is 0 Å². The summed E-state index contributed by atoms with van der Waals surface area (Å²) in [5.41, 5.74) is -0.101. The standard InChI is InChI=1S/C13H13F3N2O5S/c1-8(24-10-4-2-9(3-5-10)18(21)22)12(20)23-6-11(19)17-7-13(14,15)16/h2-5,8H,6-7H2,1H3,(H,17,19)/t8-/m1/s1. The molecule has 1 aromatic carbocycles. The molecular formula is C13H13F3N2O5S. The lowest BCUT2D eigenvalue weighted by Crippen LogP contribution is -2.37. The third-order valence-corrected chi connectivity index (χ3v) is 3.61. The van der Waals surface area contributed by atoms with E-state index in [9.17, 15) is 32.9 Å². The Kier molecular flexibility index (Phi) is 7.01. The monoisotopic (exact) mass is 366 g/mol. The molecule has 0 radical (unpaired) electrons. The number of esters is 1. The molecule has 11 heteroatoms. The Morgan fingerprint density at radius 3 is 2.42 bits per heavy atom. The average molecular weight is 366 g/mol. The zero-order valence-electron chi connectivity index (χ0n) is 12.3. The minimum Gasteiger partial charge on any atom is -0.455 e. The van der Waals surface area contributed by atoms with Crippen molar-refractivity contribution in [3.63, 3.8) is 0 Å². The van der Waals surface area contributed by atoms with E-state index < -0.39 is 41.4 Å². The maximum absolute atomic E-state index is 11.9. The van der Waals surface area contributed by atoms with E-state index in [4.69, 9.17) is 0 Å². The van der Waals surface area contributed by atoms with Gasteiger partial charge < -0.3 is 10.1 Å². The van der Waals surface area contributed by atoms with E-state index in [0.29, 0.717) is 4.90 Å². The summed E-state index contributed by atoms with van der Waals surface area (Å²) >= 11 is 1.03. The number of nitro benzene ring substituents is 1. The summed E-state index contributed by atoms with van der Waals surface area (Å²) in [7, 11) is 0. The number of nitrogens with zero attached hydrogens (tertiary/aromatic N) is 1. The molecule has 0 aliphatic rings. The van der Waals surface area contributed by atoms with Gasteiger partial charge in [0.15, 0.2) is 6.61 Å². The summed E-state index contributed by atoms with van der Waals surface area (Å²) in [4.78, 5) is 33.3. The maximum atomic E-state index is 11.9. The molecule has 1 rings (SSSR count). The number of ether oxygens (including phenoxy) is 1. The molecule has 0 saturated heterocycles. The molecule has 0 heterocycles. The molecule has 24 heavy (non-hydrogen) atoms. The molecule has 0 aliphatic carbocycles. The lowest BCUT2D eigenvalue weighted by molar-refractivity contribution is -0.384. The van der Waals surface area contributed by atoms with E-state index in [1.165, 1.54) is 31.2 Å². The summed E-state index contributed by atoms with van der Waals surface area (Å²) < 4.78 is 40.3. The first-order valence-corrected chi connectivity index (χ1v) is 7.37. The van der Waals surface area contributed by atoms with E-state index in [1.807, 2.05) is 0 Å². The van der Waals surface area contributed by atoms with Crippen LogP contribution in [0.4, 0.5) is 18.9 Å². The molecule has 132 valence electrons. The first-order chi connectivity index (χ1) is 11.1. The van der Waals surface area contributed by atoms with Crippen LogP contribution in [0.1, 0.15) is 6.92 Å². The van der Waals surface area contributed by atoms with Gasteiger partial charge in [0.25, 0.3) is 11.6 Å². The Bertz CT molecular complexity index is 607. The molecule has 0 bridgehead atoms. The topological polar surface area (TPSA) is 98.5 Å². The van der Waals surface area contributed by atoms with Crippen molar-refractivity contribution in [1.29, 1.82) is 0 Å². The first-order valence-electron chi connectivity index (χ1n) is 6.49. The second kappa shape index (κ2) is 8.52. The number of benzene rings is 1. The lowest BCUT2D eigenvalue weighted by atomic mass is 10.3. The number of hydrogen-bond acceptors (Lipinski definition) is 6. The van der Waals surface area contributed by atoms with Crippen LogP contribution in [0.3, 0.4) is 0 Å². The largest absolute Gasteiger partial charge is 0.455 e. The molecular weight excluding hydrogens is 353 g/mol. The van der Waals surface area contributed by atoms with E-state index in [2.05, 4.69) is 4.74 Å². The third kappa shape index (κ3) is 7.31. The van der Waals surface area contributed by atoms with Crippen LogP contribution in [0.2, 0.25) is 0 Å². The first kappa shape index (κ1) is 19.7. The molecule has 0 fully saturated rings. The van der Waals surface area contributed by atoms with Crippen molar-refractivity contribution in [2.75, 3.05) is 13.2 Å². The fraction of sp³-hybridized carbons (Fsp3) is 0.385. The fourth-order valence-corrected chi connectivity index (χ4v) is 2.27. The van der Waals surface area contributed by atoms with Crippen molar-refractivity contribution in [3.8, 4) is 0 Å². The minimum absolute atomic E-state index is 0.101. The zero-order chi connectivity index (χ0) is 18.3. The molecule has 1 aromatic rings. The molecule has 0 unspecified atom stereocenters. The zero-order valence-corrected chi connectivity index (χ0v) is 13.1. The van der Waals surface area contributed by atoms with E-state index in [-0.39, 0.29) is 5.69 Å². The Labute approximate surface area is 138 Å². The molecule has 1 atom stereocenters. The number of carbonyl (C=O) groups is 2. The minimum atomic E-state index is -4.54. The number of carbonyl (C=O) groups excluding carboxylic acids is 2. The normalized spacial score (nSPS) is 12.3. The van der Waals surface area contributed by atoms with Gasteiger partial charge in [-0.15, -0.1) is 11.8 Å². The van der Waals surface area contributed by atoms with E-state index in [0.717, 1.165) is 11.8 Å². The van der Waals surface area contributed by atoms with Crippen molar-refractivity contribution in [2.45, 2.75) is 23.2 Å². The van der Waals surface area contributed by atoms with Crippen LogP contribution in [0.15, 0.2) is 29.2 Å². The number of hydrogen-bond donors (Lipinski definition) is 1. The average Bonchev–Trinajstić information content (AvgIpc) is 2.50. The Balaban J connectivity index is 2.42. The van der Waals surface area contributed by atoms with Crippen LogP contribution < -0.4 is 5.32 Å². The fourth-order valence-electron chi connectivity index (χ4n) is 1.40. The Morgan fingerprint density at radius 2 is 1.92 bits per heavy atom. The highest BCUT2D eigenvalue weighted by Gasteiger charge is 2.28. The van der Waals surface area contributed by atoms with Gasteiger partial charge in [0.05, 0.1) is 4.92 Å². The second-order valence-corrected chi connectivity index (χ2v) is 5.92. The number of thioether (sulfide) groups is 1. The van der Waals surface area contributed by atoms with Crippen LogP contribution in [0.5, 0.6) is 0 Å². The second-order valence-electron chi connectivity index (χ2n) is 4.51. The summed E-state index contributed by atoms with van der Waals surface area (Å²) in [5, 5.41) is 11.3. The predicted octanol–water partition coefficient (Wildman–Crippen LogP) is 2.30. The van der Waals surface area contributed by atoms with Gasteiger partial charge in [-0.3, -0.25) is 19.7 Å². The number of non-ortho nitro benzene ring substituents is 1. The molecule has 1 amide bonds. The smallest absolute Gasteiger partial charge is 0.405 e. The summed E-state index contributed by atoms with van der Waals surface area (Å²) in [6, 6.07) is 5.43. The van der Waals surface area contributed by atoms with Crippen LogP contribution >= 0.6 is 11.8 Å². The number of nitro groups is 1. The highest BCUT2D eigenvalue weighted by Crippen LogP contribution is 2.25. The van der Waals surface area contributed by atoms with Crippen LogP contribution in [0.25, 0.3) is 0 Å². The van der Waals surface area contributed by atoms with Crippen molar-refractivity contribution in [2.24, 2.45) is 0 Å². The van der Waals surface area contributed by atoms with Gasteiger partial charge in [0.2, 0.25) is 0 Å². The van der Waals surface area contributed by atoms with Gasteiger partial charge in [0.1, 0.15) is 11.8 Å². The summed E-state index contributed by atoms with van der Waals surface area (Å²) in [6.45, 7) is -0.849. The Hall–Kier alpha value is -2.30. The van der Waals surface area contributed by atoms with Crippen molar-refractivity contribution >= 4 is 29.3 Å². The van der Waals surface area contributed by atoms with Gasteiger partial charge in [-0.1, -0.05) is 0 Å². The molecule has 0 aromatic heterocycles. The highest BCUT2D eigenvalue weighted by molar-refractivity contribution is 8.00. The number of alkyl halides is 3. The number of rotatable bonds is 7. The number of halogens is 3. The lowest BCUT2D eigenvalue weighted by Gasteiger charge is -2.12. The maximum Gasteiger partial charge on any atom is 0.405 e. The predicted molar refractivity (Wildman–Crippen MR) is 78.4 cm³/mol. The van der Waals surface area contributed by atoms with Gasteiger partial charge in [-0.05, 0) is 19.1 Å². The van der Waals surface area contributed by atoms with Crippen LogP contribution in [-0.4, -0.2) is 41.4 Å².